The van der Waals surface area contributed by atoms with Crippen LogP contribution in [-0.4, -0.2) is 55.0 Å². The van der Waals surface area contributed by atoms with E-state index in [2.05, 4.69) is 31.0 Å². The van der Waals surface area contributed by atoms with E-state index in [1.807, 2.05) is 13.8 Å². The van der Waals surface area contributed by atoms with Gasteiger partial charge in [-0.15, -0.1) is 0 Å². The third-order valence-corrected chi connectivity index (χ3v) is 4.32. The quantitative estimate of drug-likeness (QED) is 0.447. The van der Waals surface area contributed by atoms with Gasteiger partial charge >= 0.3 is 0 Å². The average molecular weight is 415 g/mol. The van der Waals surface area contributed by atoms with E-state index in [-0.39, 0.29) is 18.2 Å². The van der Waals surface area contributed by atoms with Crippen molar-refractivity contribution in [2.75, 3.05) is 17.2 Å². The molecule has 3 aromatic rings. The largest absolute Gasteiger partial charge is 0.387 e. The van der Waals surface area contributed by atoms with Gasteiger partial charge in [-0.3, -0.25) is 4.79 Å². The monoisotopic (exact) mass is 415 g/mol. The van der Waals surface area contributed by atoms with Gasteiger partial charge < -0.3 is 21.1 Å². The highest BCUT2D eigenvalue weighted by Gasteiger charge is 2.27. The number of nitrogens with zero attached hydrogens (tertiary/aromatic N) is 4. The highest BCUT2D eigenvalue weighted by molar-refractivity contribution is 5.99. The predicted octanol–water partition coefficient (Wildman–Crippen LogP) is 2.53. The van der Waals surface area contributed by atoms with E-state index in [0.717, 1.165) is 0 Å². The van der Waals surface area contributed by atoms with Crippen molar-refractivity contribution >= 4 is 28.9 Å². The normalized spacial score (nSPS) is 12.8. The Bertz CT molecular complexity index is 1030. The van der Waals surface area contributed by atoms with Crippen molar-refractivity contribution in [2.45, 2.75) is 45.5 Å². The summed E-state index contributed by atoms with van der Waals surface area (Å²) >= 11 is 0. The maximum absolute atomic E-state index is 14.0. The lowest BCUT2D eigenvalue weighted by Gasteiger charge is -2.23. The molecule has 4 N–H and O–H groups in total. The number of nitrogens with one attached hydrogen (secondary N) is 3. The Balaban J connectivity index is 1.79. The molecule has 1 atom stereocenters. The molecule has 0 aliphatic rings. The van der Waals surface area contributed by atoms with Gasteiger partial charge in [0.25, 0.3) is 5.91 Å². The minimum Gasteiger partial charge on any atom is -0.387 e. The minimum atomic E-state index is -1.60. The van der Waals surface area contributed by atoms with Crippen LogP contribution in [0.5, 0.6) is 0 Å². The van der Waals surface area contributed by atoms with E-state index in [1.165, 1.54) is 20.0 Å². The fraction of sp³-hybridized carbons (Fsp3) is 0.400. The van der Waals surface area contributed by atoms with Gasteiger partial charge in [0.2, 0.25) is 0 Å². The third kappa shape index (κ3) is 5.20. The summed E-state index contributed by atoms with van der Waals surface area (Å²) in [7, 11) is 0. The molecule has 30 heavy (non-hydrogen) atoms. The topological polar surface area (TPSA) is 116 Å². The van der Waals surface area contributed by atoms with Crippen LogP contribution >= 0.6 is 0 Å². The summed E-state index contributed by atoms with van der Waals surface area (Å²) in [4.78, 5) is 21.3. The number of rotatable bonds is 8. The summed E-state index contributed by atoms with van der Waals surface area (Å²) < 4.78 is 15.6. The van der Waals surface area contributed by atoms with Crippen molar-refractivity contribution in [3.05, 3.63) is 42.4 Å². The number of alkyl halides is 1. The van der Waals surface area contributed by atoms with Crippen LogP contribution in [-0.2, 0) is 0 Å². The second-order valence-corrected chi connectivity index (χ2v) is 7.82. The van der Waals surface area contributed by atoms with Gasteiger partial charge in [-0.2, -0.15) is 5.10 Å². The molecule has 3 aromatic heterocycles. The molecule has 3 heterocycles. The fourth-order valence-electron chi connectivity index (χ4n) is 2.68. The summed E-state index contributed by atoms with van der Waals surface area (Å²) in [5.74, 6) is 0.586. The van der Waals surface area contributed by atoms with Crippen LogP contribution in [0.25, 0.3) is 5.65 Å². The first-order valence-corrected chi connectivity index (χ1v) is 9.62. The smallest absolute Gasteiger partial charge is 0.255 e. The number of aliphatic hydroxyl groups is 1. The molecule has 160 valence electrons. The SMILES string of the molecule is CC(C)Nc1cc(Nc2ccn3nccc3n2)ncc1C(=O)NC[C@@H](F)C(C)(C)O. The number of aromatic nitrogens is 4. The molecule has 9 nitrogen and oxygen atoms in total. The number of carbonyl (C=O) groups is 1. The molecule has 0 radical (unpaired) electrons. The van der Waals surface area contributed by atoms with Gasteiger partial charge in [-0.05, 0) is 33.8 Å². The van der Waals surface area contributed by atoms with Gasteiger partial charge in [-0.1, -0.05) is 0 Å². The summed E-state index contributed by atoms with van der Waals surface area (Å²) in [5, 5.41) is 22.6. The molecular weight excluding hydrogens is 389 g/mol. The first-order chi connectivity index (χ1) is 14.1. The number of carbonyl (C=O) groups excluding carboxylic acids is 1. The zero-order valence-electron chi connectivity index (χ0n) is 17.3. The van der Waals surface area contributed by atoms with Crippen molar-refractivity contribution in [1.29, 1.82) is 0 Å². The summed E-state index contributed by atoms with van der Waals surface area (Å²) in [6.07, 6.45) is 3.25. The molecule has 1 amide bonds. The van der Waals surface area contributed by atoms with Crippen LogP contribution in [0.1, 0.15) is 38.1 Å². The van der Waals surface area contributed by atoms with E-state index < -0.39 is 17.7 Å². The Hall–Kier alpha value is -3.27. The molecular formula is C20H26FN7O2. The van der Waals surface area contributed by atoms with Gasteiger partial charge in [0.1, 0.15) is 17.8 Å². The van der Waals surface area contributed by atoms with Crippen LogP contribution in [0, 0.1) is 0 Å². The van der Waals surface area contributed by atoms with Gasteiger partial charge in [0.05, 0.1) is 29.6 Å². The summed E-state index contributed by atoms with van der Waals surface area (Å²) in [6, 6.07) is 5.29. The number of hydrogen-bond donors (Lipinski definition) is 4. The maximum atomic E-state index is 14.0. The zero-order chi connectivity index (χ0) is 21.9. The molecule has 10 heteroatoms. The van der Waals surface area contributed by atoms with E-state index in [1.54, 1.807) is 35.1 Å². The van der Waals surface area contributed by atoms with Crippen LogP contribution < -0.4 is 16.0 Å². The van der Waals surface area contributed by atoms with Crippen molar-refractivity contribution < 1.29 is 14.3 Å². The van der Waals surface area contributed by atoms with Crippen molar-refractivity contribution in [2.24, 2.45) is 0 Å². The molecule has 0 fully saturated rings. The lowest BCUT2D eigenvalue weighted by molar-refractivity contribution is -0.00177. The molecule has 0 spiro atoms. The van der Waals surface area contributed by atoms with Crippen molar-refractivity contribution in [3.8, 4) is 0 Å². The van der Waals surface area contributed by atoms with Gasteiger partial charge in [0.15, 0.2) is 5.65 Å². The van der Waals surface area contributed by atoms with E-state index >= 15 is 0 Å². The Morgan fingerprint density at radius 3 is 2.77 bits per heavy atom. The van der Waals surface area contributed by atoms with Crippen LogP contribution in [0.3, 0.4) is 0 Å². The molecule has 0 aliphatic heterocycles. The number of anilines is 3. The Morgan fingerprint density at radius 2 is 2.07 bits per heavy atom. The zero-order valence-corrected chi connectivity index (χ0v) is 17.3. The lowest BCUT2D eigenvalue weighted by Crippen LogP contribution is -2.42. The number of amides is 1. The molecule has 0 aromatic carbocycles. The predicted molar refractivity (Wildman–Crippen MR) is 113 cm³/mol. The minimum absolute atomic E-state index is 0.0540. The lowest BCUT2D eigenvalue weighted by atomic mass is 10.0. The number of halogens is 1. The summed E-state index contributed by atoms with van der Waals surface area (Å²) in [5.41, 5.74) is -0.0355. The molecule has 3 rings (SSSR count). The second-order valence-electron chi connectivity index (χ2n) is 7.82. The highest BCUT2D eigenvalue weighted by Crippen LogP contribution is 2.22. The Labute approximate surface area is 173 Å². The second kappa shape index (κ2) is 8.62. The van der Waals surface area contributed by atoms with Crippen molar-refractivity contribution in [1.82, 2.24) is 24.9 Å². The molecule has 0 bridgehead atoms. The standard InChI is InChI=1S/C20H26FN7O2/c1-12(2)25-14-9-17(26-16-6-8-28-18(27-16)5-7-24-28)22-10-13(14)19(29)23-11-15(21)20(3,4)30/h5-10,12,15,30H,11H2,1-4H3,(H,23,29)(H2,22,25,26,27)/t15-/m1/s1. The van der Waals surface area contributed by atoms with E-state index in [9.17, 15) is 14.3 Å². The summed E-state index contributed by atoms with van der Waals surface area (Å²) in [6.45, 7) is 6.28. The first-order valence-electron chi connectivity index (χ1n) is 9.62. The average Bonchev–Trinajstić information content (AvgIpc) is 3.12. The molecule has 0 saturated carbocycles. The van der Waals surface area contributed by atoms with E-state index in [0.29, 0.717) is 23.0 Å². The van der Waals surface area contributed by atoms with Gasteiger partial charge in [0, 0.05) is 30.6 Å². The van der Waals surface area contributed by atoms with Gasteiger partial charge in [-0.25, -0.2) is 18.9 Å². The number of hydrogen-bond acceptors (Lipinski definition) is 7. The van der Waals surface area contributed by atoms with Crippen LogP contribution in [0.4, 0.5) is 21.7 Å². The van der Waals surface area contributed by atoms with Crippen LogP contribution in [0.15, 0.2) is 36.8 Å². The number of pyridine rings is 1. The van der Waals surface area contributed by atoms with Crippen molar-refractivity contribution in [3.63, 3.8) is 0 Å². The molecule has 0 aliphatic carbocycles. The van der Waals surface area contributed by atoms with E-state index in [4.69, 9.17) is 0 Å². The Morgan fingerprint density at radius 1 is 1.30 bits per heavy atom. The number of fused-ring (bicyclic) bond motifs is 1. The Kier molecular flexibility index (Phi) is 6.16. The van der Waals surface area contributed by atoms with Crippen LogP contribution in [0.2, 0.25) is 0 Å². The first kappa shape index (κ1) is 21.4. The third-order valence-electron chi connectivity index (χ3n) is 4.32. The molecule has 0 unspecified atom stereocenters. The highest BCUT2D eigenvalue weighted by atomic mass is 19.1. The molecule has 0 saturated heterocycles. The maximum Gasteiger partial charge on any atom is 0.255 e. The fourth-order valence-corrected chi connectivity index (χ4v) is 2.68.